The minimum atomic E-state index is -3.67. The van der Waals surface area contributed by atoms with Crippen molar-refractivity contribution in [3.63, 3.8) is 0 Å². The molecule has 0 spiro atoms. The summed E-state index contributed by atoms with van der Waals surface area (Å²) in [6, 6.07) is 2.60. The van der Waals surface area contributed by atoms with Gasteiger partial charge in [-0.25, -0.2) is 18.1 Å². The van der Waals surface area contributed by atoms with Gasteiger partial charge in [0.2, 0.25) is 15.9 Å². The highest BCUT2D eigenvalue weighted by Gasteiger charge is 2.15. The van der Waals surface area contributed by atoms with Crippen LogP contribution < -0.4 is 4.72 Å². The number of pyridine rings is 1. The first kappa shape index (κ1) is 12.9. The van der Waals surface area contributed by atoms with E-state index in [0.29, 0.717) is 5.89 Å². The SMILES string of the molecule is Cc1nc(CNS(=O)(=O)c2ccnc(Cl)c2)no1. The van der Waals surface area contributed by atoms with Gasteiger partial charge in [0.25, 0.3) is 0 Å². The van der Waals surface area contributed by atoms with Gasteiger partial charge in [-0.05, 0) is 12.1 Å². The highest BCUT2D eigenvalue weighted by molar-refractivity contribution is 7.89. The number of aromatic nitrogens is 3. The van der Waals surface area contributed by atoms with Crippen LogP contribution >= 0.6 is 11.6 Å². The molecule has 0 unspecified atom stereocenters. The first-order valence-corrected chi connectivity index (χ1v) is 6.74. The molecule has 0 aliphatic carbocycles. The average Bonchev–Trinajstić information content (AvgIpc) is 2.73. The second-order valence-corrected chi connectivity index (χ2v) is 5.52. The van der Waals surface area contributed by atoms with Gasteiger partial charge >= 0.3 is 0 Å². The lowest BCUT2D eigenvalue weighted by Crippen LogP contribution is -2.23. The van der Waals surface area contributed by atoms with Gasteiger partial charge in [0, 0.05) is 13.1 Å². The van der Waals surface area contributed by atoms with Crippen molar-refractivity contribution in [3.05, 3.63) is 35.2 Å². The molecule has 18 heavy (non-hydrogen) atoms. The number of hydrogen-bond acceptors (Lipinski definition) is 6. The zero-order chi connectivity index (χ0) is 13.2. The summed E-state index contributed by atoms with van der Waals surface area (Å²) < 4.78 is 30.8. The van der Waals surface area contributed by atoms with E-state index in [0.717, 1.165) is 0 Å². The lowest BCUT2D eigenvalue weighted by atomic mass is 10.5. The highest BCUT2D eigenvalue weighted by Crippen LogP contribution is 2.12. The van der Waals surface area contributed by atoms with E-state index in [1.54, 1.807) is 6.92 Å². The maximum atomic E-state index is 11.9. The summed E-state index contributed by atoms with van der Waals surface area (Å²) >= 11 is 5.63. The molecule has 0 atom stereocenters. The van der Waals surface area contributed by atoms with Crippen molar-refractivity contribution in [2.45, 2.75) is 18.4 Å². The molecule has 1 N–H and O–H groups in total. The predicted molar refractivity (Wildman–Crippen MR) is 62.3 cm³/mol. The third-order valence-electron chi connectivity index (χ3n) is 2.00. The van der Waals surface area contributed by atoms with Gasteiger partial charge in [0.15, 0.2) is 5.82 Å². The Balaban J connectivity index is 2.13. The summed E-state index contributed by atoms with van der Waals surface area (Å²) in [4.78, 5) is 7.62. The van der Waals surface area contributed by atoms with Gasteiger partial charge in [-0.2, -0.15) is 4.98 Å². The standard InChI is InChI=1S/C9H9ClN4O3S/c1-6-13-9(14-17-6)5-12-18(15,16)7-2-3-11-8(10)4-7/h2-4,12H,5H2,1H3. The molecule has 2 aromatic rings. The molecule has 2 heterocycles. The summed E-state index contributed by atoms with van der Waals surface area (Å²) in [5.41, 5.74) is 0. The van der Waals surface area contributed by atoms with Crippen LogP contribution in [0.3, 0.4) is 0 Å². The van der Waals surface area contributed by atoms with Crippen LogP contribution in [0, 0.1) is 6.92 Å². The van der Waals surface area contributed by atoms with Crippen LogP contribution in [-0.4, -0.2) is 23.5 Å². The summed E-state index contributed by atoms with van der Waals surface area (Å²) in [6.07, 6.45) is 1.31. The van der Waals surface area contributed by atoms with Crippen LogP contribution in [0.5, 0.6) is 0 Å². The molecule has 0 amide bonds. The normalized spacial score (nSPS) is 11.7. The molecule has 2 rings (SSSR count). The van der Waals surface area contributed by atoms with Crippen molar-refractivity contribution in [1.82, 2.24) is 19.8 Å². The number of rotatable bonds is 4. The van der Waals surface area contributed by atoms with Crippen molar-refractivity contribution in [2.75, 3.05) is 0 Å². The molecule has 96 valence electrons. The summed E-state index contributed by atoms with van der Waals surface area (Å²) in [7, 11) is -3.67. The van der Waals surface area contributed by atoms with Gasteiger partial charge in [-0.15, -0.1) is 0 Å². The first-order valence-electron chi connectivity index (χ1n) is 4.88. The number of hydrogen-bond donors (Lipinski definition) is 1. The topological polar surface area (TPSA) is 98.0 Å². The number of sulfonamides is 1. The van der Waals surface area contributed by atoms with E-state index >= 15 is 0 Å². The van der Waals surface area contributed by atoms with E-state index < -0.39 is 10.0 Å². The van der Waals surface area contributed by atoms with Crippen LogP contribution in [-0.2, 0) is 16.6 Å². The molecule has 7 nitrogen and oxygen atoms in total. The van der Waals surface area contributed by atoms with Gasteiger partial charge in [-0.1, -0.05) is 16.8 Å². The minimum absolute atomic E-state index is 0.0303. The highest BCUT2D eigenvalue weighted by atomic mass is 35.5. The number of aryl methyl sites for hydroxylation is 1. The zero-order valence-electron chi connectivity index (χ0n) is 9.29. The second-order valence-electron chi connectivity index (χ2n) is 3.37. The Bertz CT molecular complexity index is 655. The smallest absolute Gasteiger partial charge is 0.241 e. The van der Waals surface area contributed by atoms with Crippen molar-refractivity contribution in [2.24, 2.45) is 0 Å². The first-order chi connectivity index (χ1) is 8.47. The molecule has 0 aromatic carbocycles. The Morgan fingerprint density at radius 2 is 2.28 bits per heavy atom. The van der Waals surface area contributed by atoms with Gasteiger partial charge in [0.1, 0.15) is 5.15 Å². The predicted octanol–water partition coefficient (Wildman–Crippen LogP) is 0.905. The molecule has 0 saturated heterocycles. The average molecular weight is 289 g/mol. The molecule has 0 bridgehead atoms. The van der Waals surface area contributed by atoms with Crippen molar-refractivity contribution in [3.8, 4) is 0 Å². The fraction of sp³-hybridized carbons (Fsp3) is 0.222. The molecule has 0 fully saturated rings. The van der Waals surface area contributed by atoms with E-state index in [4.69, 9.17) is 16.1 Å². The Hall–Kier alpha value is -1.51. The Kier molecular flexibility index (Phi) is 3.60. The molecular weight excluding hydrogens is 280 g/mol. The Morgan fingerprint density at radius 3 is 2.89 bits per heavy atom. The Labute approximate surface area is 108 Å². The fourth-order valence-corrected chi connectivity index (χ4v) is 2.44. The van der Waals surface area contributed by atoms with Crippen molar-refractivity contribution < 1.29 is 12.9 Å². The van der Waals surface area contributed by atoms with Crippen molar-refractivity contribution in [1.29, 1.82) is 0 Å². The van der Waals surface area contributed by atoms with Crippen LogP contribution in [0.1, 0.15) is 11.7 Å². The van der Waals surface area contributed by atoms with Gasteiger partial charge in [0.05, 0.1) is 11.4 Å². The van der Waals surface area contributed by atoms with E-state index in [9.17, 15) is 8.42 Å². The van der Waals surface area contributed by atoms with Crippen molar-refractivity contribution >= 4 is 21.6 Å². The van der Waals surface area contributed by atoms with E-state index in [2.05, 4.69) is 19.8 Å². The molecule has 0 aliphatic rings. The summed E-state index contributed by atoms with van der Waals surface area (Å²) in [5, 5.41) is 3.68. The zero-order valence-corrected chi connectivity index (χ0v) is 10.9. The quantitative estimate of drug-likeness (QED) is 0.840. The maximum Gasteiger partial charge on any atom is 0.241 e. The van der Waals surface area contributed by atoms with Crippen LogP contribution in [0.4, 0.5) is 0 Å². The van der Waals surface area contributed by atoms with Crippen LogP contribution in [0.25, 0.3) is 0 Å². The van der Waals surface area contributed by atoms with Crippen LogP contribution in [0.2, 0.25) is 5.15 Å². The van der Waals surface area contributed by atoms with Gasteiger partial charge < -0.3 is 4.52 Å². The summed E-state index contributed by atoms with van der Waals surface area (Å²) in [6.45, 7) is 1.56. The third-order valence-corrected chi connectivity index (χ3v) is 3.60. The monoisotopic (exact) mass is 288 g/mol. The van der Waals surface area contributed by atoms with E-state index in [-0.39, 0.29) is 22.4 Å². The molecule has 0 aliphatic heterocycles. The van der Waals surface area contributed by atoms with E-state index in [1.165, 1.54) is 18.3 Å². The lowest BCUT2D eigenvalue weighted by molar-refractivity contribution is 0.387. The fourth-order valence-electron chi connectivity index (χ4n) is 1.21. The molecule has 9 heteroatoms. The Morgan fingerprint density at radius 1 is 1.50 bits per heavy atom. The number of nitrogens with one attached hydrogen (secondary N) is 1. The molecule has 0 radical (unpaired) electrons. The number of halogens is 1. The third kappa shape index (κ3) is 3.03. The van der Waals surface area contributed by atoms with Crippen LogP contribution in [0.15, 0.2) is 27.7 Å². The van der Waals surface area contributed by atoms with Gasteiger partial charge in [-0.3, -0.25) is 0 Å². The molecule has 2 aromatic heterocycles. The molecular formula is C9H9ClN4O3S. The lowest BCUT2D eigenvalue weighted by Gasteiger charge is -2.04. The summed E-state index contributed by atoms with van der Waals surface area (Å²) in [5.74, 6) is 0.632. The largest absolute Gasteiger partial charge is 0.340 e. The minimum Gasteiger partial charge on any atom is -0.340 e. The second kappa shape index (κ2) is 5.01. The number of nitrogens with zero attached hydrogens (tertiary/aromatic N) is 3. The molecule has 0 saturated carbocycles. The van der Waals surface area contributed by atoms with E-state index in [1.807, 2.05) is 0 Å². The maximum absolute atomic E-state index is 11.9.